The lowest BCUT2D eigenvalue weighted by Crippen LogP contribution is -2.38. The SMILES string of the molecule is CC(CO)C(C)NC(=O)c1ccc(COc2ccc(C#N)cc2)o1. The first-order valence-electron chi connectivity index (χ1n) is 7.67. The molecule has 2 aromatic rings. The number of carbonyl (C=O) groups is 1. The number of furan rings is 1. The average molecular weight is 328 g/mol. The van der Waals surface area contributed by atoms with E-state index in [-0.39, 0.29) is 36.8 Å². The van der Waals surface area contributed by atoms with Gasteiger partial charge in [-0.25, -0.2) is 0 Å². The quantitative estimate of drug-likeness (QED) is 0.814. The molecule has 2 atom stereocenters. The molecule has 24 heavy (non-hydrogen) atoms. The Balaban J connectivity index is 1.90. The number of aliphatic hydroxyl groups excluding tert-OH is 1. The third-order valence-corrected chi connectivity index (χ3v) is 3.75. The van der Waals surface area contributed by atoms with Crippen LogP contribution >= 0.6 is 0 Å². The van der Waals surface area contributed by atoms with Gasteiger partial charge >= 0.3 is 0 Å². The fourth-order valence-electron chi connectivity index (χ4n) is 1.94. The molecular weight excluding hydrogens is 308 g/mol. The number of hydrogen-bond donors (Lipinski definition) is 2. The molecule has 6 nitrogen and oxygen atoms in total. The molecule has 2 rings (SSSR count). The van der Waals surface area contributed by atoms with Gasteiger partial charge in [0.1, 0.15) is 18.1 Å². The van der Waals surface area contributed by atoms with E-state index in [1.807, 2.05) is 19.9 Å². The Kier molecular flexibility index (Phi) is 5.99. The highest BCUT2D eigenvalue weighted by Crippen LogP contribution is 2.15. The van der Waals surface area contributed by atoms with Crippen LogP contribution in [-0.2, 0) is 6.61 Å². The first kappa shape index (κ1) is 17.6. The fourth-order valence-corrected chi connectivity index (χ4v) is 1.94. The van der Waals surface area contributed by atoms with E-state index in [0.29, 0.717) is 17.1 Å². The van der Waals surface area contributed by atoms with Crippen LogP contribution in [0.4, 0.5) is 0 Å². The van der Waals surface area contributed by atoms with Crippen LogP contribution in [0.2, 0.25) is 0 Å². The van der Waals surface area contributed by atoms with E-state index < -0.39 is 0 Å². The first-order chi connectivity index (χ1) is 11.5. The Bertz CT molecular complexity index is 715. The summed E-state index contributed by atoms with van der Waals surface area (Å²) < 4.78 is 11.0. The third-order valence-electron chi connectivity index (χ3n) is 3.75. The molecule has 0 radical (unpaired) electrons. The zero-order valence-electron chi connectivity index (χ0n) is 13.7. The molecule has 1 amide bonds. The first-order valence-corrected chi connectivity index (χ1v) is 7.67. The topological polar surface area (TPSA) is 95.5 Å². The smallest absolute Gasteiger partial charge is 0.287 e. The lowest BCUT2D eigenvalue weighted by molar-refractivity contribution is 0.0884. The predicted molar refractivity (Wildman–Crippen MR) is 87.4 cm³/mol. The number of hydrogen-bond acceptors (Lipinski definition) is 5. The van der Waals surface area contributed by atoms with Crippen LogP contribution in [-0.4, -0.2) is 23.7 Å². The largest absolute Gasteiger partial charge is 0.486 e. The van der Waals surface area contributed by atoms with Crippen molar-refractivity contribution in [3.63, 3.8) is 0 Å². The molecule has 1 heterocycles. The summed E-state index contributed by atoms with van der Waals surface area (Å²) in [6.45, 7) is 3.87. The highest BCUT2D eigenvalue weighted by molar-refractivity contribution is 5.91. The normalized spacial score (nSPS) is 12.9. The minimum absolute atomic E-state index is 0.00326. The van der Waals surface area contributed by atoms with E-state index in [1.54, 1.807) is 36.4 Å². The van der Waals surface area contributed by atoms with E-state index in [4.69, 9.17) is 19.5 Å². The van der Waals surface area contributed by atoms with Gasteiger partial charge in [-0.05, 0) is 49.2 Å². The van der Waals surface area contributed by atoms with Crippen molar-refractivity contribution in [2.45, 2.75) is 26.5 Å². The number of amides is 1. The number of nitriles is 1. The highest BCUT2D eigenvalue weighted by atomic mass is 16.5. The molecule has 1 aromatic heterocycles. The number of aliphatic hydroxyl groups is 1. The van der Waals surface area contributed by atoms with Gasteiger partial charge in [0.05, 0.1) is 11.6 Å². The summed E-state index contributed by atoms with van der Waals surface area (Å²) in [6, 6.07) is 11.9. The summed E-state index contributed by atoms with van der Waals surface area (Å²) in [5, 5.41) is 20.6. The number of nitrogens with zero attached hydrogens (tertiary/aromatic N) is 1. The van der Waals surface area contributed by atoms with Gasteiger partial charge in [0.2, 0.25) is 0 Å². The van der Waals surface area contributed by atoms with Crippen molar-refractivity contribution >= 4 is 5.91 Å². The molecule has 0 aliphatic carbocycles. The van der Waals surface area contributed by atoms with E-state index >= 15 is 0 Å². The van der Waals surface area contributed by atoms with Gasteiger partial charge in [-0.2, -0.15) is 5.26 Å². The molecule has 0 aliphatic heterocycles. The Morgan fingerprint density at radius 3 is 2.62 bits per heavy atom. The van der Waals surface area contributed by atoms with Crippen molar-refractivity contribution in [1.82, 2.24) is 5.32 Å². The van der Waals surface area contributed by atoms with Crippen molar-refractivity contribution < 1.29 is 19.1 Å². The average Bonchev–Trinajstić information content (AvgIpc) is 3.08. The van der Waals surface area contributed by atoms with Crippen LogP contribution in [0.3, 0.4) is 0 Å². The highest BCUT2D eigenvalue weighted by Gasteiger charge is 2.17. The maximum Gasteiger partial charge on any atom is 0.287 e. The number of carbonyl (C=O) groups excluding carboxylic acids is 1. The van der Waals surface area contributed by atoms with Gasteiger partial charge < -0.3 is 19.6 Å². The summed E-state index contributed by atoms with van der Waals surface area (Å²) in [4.78, 5) is 12.1. The minimum Gasteiger partial charge on any atom is -0.486 e. The molecule has 0 aliphatic rings. The molecule has 0 spiro atoms. The van der Waals surface area contributed by atoms with E-state index in [9.17, 15) is 4.79 Å². The van der Waals surface area contributed by atoms with Gasteiger partial charge in [0.15, 0.2) is 5.76 Å². The Labute approximate surface area is 140 Å². The number of ether oxygens (including phenoxy) is 1. The molecule has 6 heteroatoms. The number of rotatable bonds is 7. The van der Waals surface area contributed by atoms with Crippen LogP contribution in [0, 0.1) is 17.2 Å². The van der Waals surface area contributed by atoms with E-state index in [1.165, 1.54) is 0 Å². The molecule has 0 bridgehead atoms. The number of benzene rings is 1. The summed E-state index contributed by atoms with van der Waals surface area (Å²) in [6.07, 6.45) is 0. The molecule has 2 unspecified atom stereocenters. The molecule has 0 fully saturated rings. The fraction of sp³-hybridized carbons (Fsp3) is 0.333. The van der Waals surface area contributed by atoms with Crippen LogP contribution in [0.25, 0.3) is 0 Å². The summed E-state index contributed by atoms with van der Waals surface area (Å²) >= 11 is 0. The maximum absolute atomic E-state index is 12.1. The Morgan fingerprint density at radius 1 is 1.29 bits per heavy atom. The number of nitrogens with one attached hydrogen (secondary N) is 1. The molecule has 126 valence electrons. The van der Waals surface area contributed by atoms with E-state index in [0.717, 1.165) is 0 Å². The van der Waals surface area contributed by atoms with Crippen molar-refractivity contribution in [2.24, 2.45) is 5.92 Å². The van der Waals surface area contributed by atoms with Crippen molar-refractivity contribution in [1.29, 1.82) is 5.26 Å². The lowest BCUT2D eigenvalue weighted by Gasteiger charge is -2.18. The zero-order valence-corrected chi connectivity index (χ0v) is 13.7. The van der Waals surface area contributed by atoms with Crippen LogP contribution in [0.15, 0.2) is 40.8 Å². The molecular formula is C18H20N2O4. The molecule has 1 aromatic carbocycles. The van der Waals surface area contributed by atoms with Gasteiger partial charge in [0, 0.05) is 12.6 Å². The van der Waals surface area contributed by atoms with Gasteiger partial charge in [0.25, 0.3) is 5.91 Å². The van der Waals surface area contributed by atoms with Crippen molar-refractivity contribution in [3.05, 3.63) is 53.5 Å². The zero-order chi connectivity index (χ0) is 17.5. The third kappa shape index (κ3) is 4.61. The van der Waals surface area contributed by atoms with E-state index in [2.05, 4.69) is 5.32 Å². The summed E-state index contributed by atoms with van der Waals surface area (Å²) in [5.41, 5.74) is 0.561. The molecule has 0 saturated heterocycles. The van der Waals surface area contributed by atoms with Crippen LogP contribution in [0.1, 0.15) is 35.7 Å². The van der Waals surface area contributed by atoms with Crippen molar-refractivity contribution in [2.75, 3.05) is 6.61 Å². The standard InChI is InChI=1S/C18H20N2O4/c1-12(10-21)13(2)20-18(22)17-8-7-16(24-17)11-23-15-5-3-14(9-19)4-6-15/h3-8,12-13,21H,10-11H2,1-2H3,(H,20,22). The van der Waals surface area contributed by atoms with Crippen molar-refractivity contribution in [3.8, 4) is 11.8 Å². The van der Waals surface area contributed by atoms with Gasteiger partial charge in [-0.1, -0.05) is 6.92 Å². The minimum atomic E-state index is -0.326. The Hall–Kier alpha value is -2.78. The summed E-state index contributed by atoms with van der Waals surface area (Å²) in [5.74, 6) is 0.968. The van der Waals surface area contributed by atoms with Gasteiger partial charge in [-0.15, -0.1) is 0 Å². The maximum atomic E-state index is 12.1. The van der Waals surface area contributed by atoms with Crippen LogP contribution in [0.5, 0.6) is 5.75 Å². The Morgan fingerprint density at radius 2 is 2.00 bits per heavy atom. The van der Waals surface area contributed by atoms with Gasteiger partial charge in [-0.3, -0.25) is 4.79 Å². The monoisotopic (exact) mass is 328 g/mol. The second kappa shape index (κ2) is 8.18. The summed E-state index contributed by atoms with van der Waals surface area (Å²) in [7, 11) is 0. The second-order valence-corrected chi connectivity index (χ2v) is 5.61. The molecule has 0 saturated carbocycles. The predicted octanol–water partition coefficient (Wildman–Crippen LogP) is 2.48. The van der Waals surface area contributed by atoms with Crippen LogP contribution < -0.4 is 10.1 Å². The lowest BCUT2D eigenvalue weighted by atomic mass is 10.1. The second-order valence-electron chi connectivity index (χ2n) is 5.61. The molecule has 2 N–H and O–H groups in total.